The van der Waals surface area contributed by atoms with Gasteiger partial charge in [0.2, 0.25) is 0 Å². The van der Waals surface area contributed by atoms with Crippen LogP contribution in [0, 0.1) is 5.92 Å². The molecule has 1 unspecified atom stereocenters. The van der Waals surface area contributed by atoms with Gasteiger partial charge in [0.1, 0.15) is 0 Å². The Morgan fingerprint density at radius 1 is 1.03 bits per heavy atom. The van der Waals surface area contributed by atoms with Gasteiger partial charge in [-0.05, 0) is 46.8 Å². The molecule has 1 aliphatic heterocycles. The van der Waals surface area contributed by atoms with Crippen LogP contribution in [0.3, 0.4) is 0 Å². The maximum absolute atomic E-state index is 11.2. The van der Waals surface area contributed by atoms with Gasteiger partial charge in [0, 0.05) is 13.1 Å². The number of nitrogens with zero attached hydrogens (tertiary/aromatic N) is 1. The Bertz CT molecular complexity index is 977. The van der Waals surface area contributed by atoms with Gasteiger partial charge in [0.25, 0.3) is 0 Å². The van der Waals surface area contributed by atoms with Gasteiger partial charge in [0.05, 0.1) is 19.1 Å². The summed E-state index contributed by atoms with van der Waals surface area (Å²) in [6.07, 6.45) is 1.73. The zero-order valence-electron chi connectivity index (χ0n) is 17.0. The summed E-state index contributed by atoms with van der Waals surface area (Å²) in [5, 5.41) is 11.7. The van der Waals surface area contributed by atoms with Crippen LogP contribution in [-0.2, 0) is 16.1 Å². The molecule has 0 radical (unpaired) electrons. The molecule has 158 valence electrons. The van der Waals surface area contributed by atoms with Crippen LogP contribution >= 0.6 is 12.4 Å². The predicted molar refractivity (Wildman–Crippen MR) is 123 cm³/mol. The van der Waals surface area contributed by atoms with E-state index >= 15 is 0 Å². The van der Waals surface area contributed by atoms with E-state index in [4.69, 9.17) is 4.74 Å². The number of halogens is 1. The molecule has 1 N–H and O–H groups in total. The Morgan fingerprint density at radius 3 is 2.60 bits per heavy atom. The molecule has 0 bridgehead atoms. The van der Waals surface area contributed by atoms with E-state index in [1.807, 2.05) is 6.07 Å². The lowest BCUT2D eigenvalue weighted by molar-refractivity contribution is -0.143. The highest BCUT2D eigenvalue weighted by Crippen LogP contribution is 2.32. The molecule has 1 saturated heterocycles. The molecule has 4 rings (SSSR count). The van der Waals surface area contributed by atoms with Crippen LogP contribution in [0.15, 0.2) is 66.7 Å². The Kier molecular flexibility index (Phi) is 7.86. The lowest BCUT2D eigenvalue weighted by atomic mass is 9.93. The van der Waals surface area contributed by atoms with Gasteiger partial charge in [-0.25, -0.2) is 0 Å². The van der Waals surface area contributed by atoms with Crippen molar-refractivity contribution in [2.24, 2.45) is 5.92 Å². The Morgan fingerprint density at radius 2 is 1.80 bits per heavy atom. The summed E-state index contributed by atoms with van der Waals surface area (Å²) in [6, 6.07) is 23.2. The quantitative estimate of drug-likeness (QED) is 0.526. The average Bonchev–Trinajstić information content (AvgIpc) is 2.77. The molecule has 0 aliphatic carbocycles. The maximum Gasteiger partial charge on any atom is 0.307 e. The van der Waals surface area contributed by atoms with E-state index in [1.165, 1.54) is 27.5 Å². The third-order valence-electron chi connectivity index (χ3n) is 5.74. The number of fused-ring (bicyclic) bond motifs is 1. The second-order valence-corrected chi connectivity index (χ2v) is 7.72. The molecule has 1 aliphatic rings. The van der Waals surface area contributed by atoms with Crippen molar-refractivity contribution in [1.29, 1.82) is 0 Å². The number of ether oxygens (including phenoxy) is 1. The molecule has 5 heteroatoms. The lowest BCUT2D eigenvalue weighted by Crippen LogP contribution is -2.40. The second kappa shape index (κ2) is 10.6. The number of carboxylic acids is 1. The van der Waals surface area contributed by atoms with Crippen molar-refractivity contribution in [1.82, 2.24) is 4.90 Å². The number of benzene rings is 3. The lowest BCUT2D eigenvalue weighted by Gasteiger charge is -2.30. The molecular formula is C25H28ClNO3. The summed E-state index contributed by atoms with van der Waals surface area (Å²) in [7, 11) is 0. The van der Waals surface area contributed by atoms with Crippen molar-refractivity contribution >= 4 is 29.1 Å². The first-order valence-corrected chi connectivity index (χ1v) is 10.3. The van der Waals surface area contributed by atoms with Crippen LogP contribution < -0.4 is 0 Å². The van der Waals surface area contributed by atoms with Crippen LogP contribution in [0.5, 0.6) is 0 Å². The fraction of sp³-hybridized carbons (Fsp3) is 0.320. The van der Waals surface area contributed by atoms with Crippen LogP contribution in [0.25, 0.3) is 21.9 Å². The van der Waals surface area contributed by atoms with Crippen LogP contribution in [0.2, 0.25) is 0 Å². The van der Waals surface area contributed by atoms with E-state index in [-0.39, 0.29) is 18.3 Å². The fourth-order valence-corrected chi connectivity index (χ4v) is 4.22. The zero-order valence-corrected chi connectivity index (χ0v) is 17.8. The van der Waals surface area contributed by atoms with Crippen molar-refractivity contribution in [3.63, 3.8) is 0 Å². The van der Waals surface area contributed by atoms with Gasteiger partial charge in [-0.2, -0.15) is 0 Å². The summed E-state index contributed by atoms with van der Waals surface area (Å²) in [5.74, 6) is -0.923. The molecule has 3 aromatic rings. The van der Waals surface area contributed by atoms with Crippen LogP contribution in [0.1, 0.15) is 18.4 Å². The molecule has 1 atom stereocenters. The van der Waals surface area contributed by atoms with Gasteiger partial charge < -0.3 is 14.7 Å². The van der Waals surface area contributed by atoms with E-state index in [1.54, 1.807) is 0 Å². The molecule has 3 aromatic carbocycles. The van der Waals surface area contributed by atoms with Crippen molar-refractivity contribution in [2.45, 2.75) is 19.4 Å². The topological polar surface area (TPSA) is 49.8 Å². The number of hydrogen-bond donors (Lipinski definition) is 1. The zero-order chi connectivity index (χ0) is 20.1. The Balaban J connectivity index is 0.00000256. The van der Waals surface area contributed by atoms with Gasteiger partial charge in [-0.15, -0.1) is 12.4 Å². The number of rotatable bonds is 7. The smallest absolute Gasteiger partial charge is 0.307 e. The highest BCUT2D eigenvalue weighted by atomic mass is 35.5. The molecule has 1 fully saturated rings. The van der Waals surface area contributed by atoms with E-state index in [2.05, 4.69) is 65.6 Å². The summed E-state index contributed by atoms with van der Waals surface area (Å²) in [6.45, 7) is 3.51. The fourth-order valence-electron chi connectivity index (χ4n) is 4.22. The van der Waals surface area contributed by atoms with E-state index in [0.29, 0.717) is 19.8 Å². The summed E-state index contributed by atoms with van der Waals surface area (Å²) in [5.41, 5.74) is 3.60. The number of carboxylic acid groups (broad SMARTS) is 1. The SMILES string of the molecule is Cl.O=C(O)C1CCCN(CCOCc2ccc3ccccc3c2-c2ccccc2)C1. The van der Waals surface area contributed by atoms with Crippen molar-refractivity contribution in [3.05, 3.63) is 72.3 Å². The maximum atomic E-state index is 11.2. The second-order valence-electron chi connectivity index (χ2n) is 7.72. The monoisotopic (exact) mass is 425 g/mol. The largest absolute Gasteiger partial charge is 0.481 e. The Labute approximate surface area is 183 Å². The molecule has 0 spiro atoms. The first kappa shape index (κ1) is 22.3. The number of aliphatic carboxylic acids is 1. The highest BCUT2D eigenvalue weighted by Gasteiger charge is 2.24. The molecule has 0 aromatic heterocycles. The molecule has 4 nitrogen and oxygen atoms in total. The molecule has 30 heavy (non-hydrogen) atoms. The van der Waals surface area contributed by atoms with E-state index in [0.717, 1.165) is 25.9 Å². The minimum atomic E-state index is -0.681. The molecule has 0 amide bonds. The summed E-state index contributed by atoms with van der Waals surface area (Å²) in [4.78, 5) is 13.4. The van der Waals surface area contributed by atoms with Gasteiger partial charge in [-0.3, -0.25) is 4.79 Å². The highest BCUT2D eigenvalue weighted by molar-refractivity contribution is 5.98. The van der Waals surface area contributed by atoms with E-state index in [9.17, 15) is 9.90 Å². The van der Waals surface area contributed by atoms with Crippen LogP contribution in [-0.4, -0.2) is 42.2 Å². The minimum Gasteiger partial charge on any atom is -0.481 e. The summed E-state index contributed by atoms with van der Waals surface area (Å²) >= 11 is 0. The summed E-state index contributed by atoms with van der Waals surface area (Å²) < 4.78 is 6.04. The average molecular weight is 426 g/mol. The number of hydrogen-bond acceptors (Lipinski definition) is 3. The first-order chi connectivity index (χ1) is 14.2. The number of carbonyl (C=O) groups is 1. The number of piperidine rings is 1. The van der Waals surface area contributed by atoms with Crippen molar-refractivity contribution in [3.8, 4) is 11.1 Å². The van der Waals surface area contributed by atoms with Gasteiger partial charge in [-0.1, -0.05) is 66.7 Å². The standard InChI is InChI=1S/C25H27NO3.ClH/c27-25(28)21-10-6-14-26(17-21)15-16-29-18-22-13-12-19-7-4-5-11-23(19)24(22)20-8-2-1-3-9-20;/h1-5,7-9,11-13,21H,6,10,14-18H2,(H,27,28);1H. The Hall–Kier alpha value is -2.40. The van der Waals surface area contributed by atoms with E-state index < -0.39 is 5.97 Å². The molecular weight excluding hydrogens is 398 g/mol. The van der Waals surface area contributed by atoms with Crippen molar-refractivity contribution < 1.29 is 14.6 Å². The van der Waals surface area contributed by atoms with Gasteiger partial charge >= 0.3 is 5.97 Å². The third kappa shape index (κ3) is 5.20. The first-order valence-electron chi connectivity index (χ1n) is 10.3. The minimum absolute atomic E-state index is 0. The third-order valence-corrected chi connectivity index (χ3v) is 5.74. The van der Waals surface area contributed by atoms with Crippen LogP contribution in [0.4, 0.5) is 0 Å². The predicted octanol–water partition coefficient (Wildman–Crippen LogP) is 5.24. The number of likely N-dealkylation sites (tertiary alicyclic amines) is 1. The molecule has 0 saturated carbocycles. The normalized spacial score (nSPS) is 16.9. The van der Waals surface area contributed by atoms with Gasteiger partial charge in [0.15, 0.2) is 0 Å². The molecule has 1 heterocycles. The van der Waals surface area contributed by atoms with Crippen molar-refractivity contribution in [2.75, 3.05) is 26.2 Å².